The van der Waals surface area contributed by atoms with Crippen LogP contribution in [0.3, 0.4) is 0 Å². The average Bonchev–Trinajstić information content (AvgIpc) is 2.61. The van der Waals surface area contributed by atoms with Gasteiger partial charge in [-0.1, -0.05) is 12.1 Å². The van der Waals surface area contributed by atoms with Gasteiger partial charge in [0.2, 0.25) is 5.91 Å². The molecule has 0 unspecified atom stereocenters. The fraction of sp³-hybridized carbons (Fsp3) is 0.579. The number of rotatable bonds is 7. The number of hydrogen-bond acceptors (Lipinski definition) is 4. The molecule has 1 aliphatic rings. The second-order valence-corrected chi connectivity index (χ2v) is 7.10. The monoisotopic (exact) mass is 362 g/mol. The predicted octanol–water partition coefficient (Wildman–Crippen LogP) is 1.85. The highest BCUT2D eigenvalue weighted by Gasteiger charge is 2.39. The van der Waals surface area contributed by atoms with E-state index in [1.807, 2.05) is 38.1 Å². The number of methoxy groups -OCH3 is 1. The molecule has 4 N–H and O–H groups in total. The Morgan fingerprint density at radius 2 is 1.85 bits per heavy atom. The van der Waals surface area contributed by atoms with Crippen LogP contribution in [-0.4, -0.2) is 44.8 Å². The van der Waals surface area contributed by atoms with Crippen molar-refractivity contribution in [2.45, 2.75) is 39.3 Å². The first-order chi connectivity index (χ1) is 12.4. The van der Waals surface area contributed by atoms with Crippen molar-refractivity contribution < 1.29 is 14.3 Å². The third kappa shape index (κ3) is 5.71. The highest BCUT2D eigenvalue weighted by molar-refractivity contribution is 5.89. The van der Waals surface area contributed by atoms with Crippen molar-refractivity contribution in [1.82, 2.24) is 16.0 Å². The lowest BCUT2D eigenvalue weighted by atomic mass is 9.78. The number of nitrogens with one attached hydrogen (secondary N) is 4. The van der Waals surface area contributed by atoms with E-state index in [9.17, 15) is 9.59 Å². The standard InChI is InChI=1S/C19H30N4O3/c1-14(2)22-18(25)23-16-6-4-15(5-7-16)12-21-17(24)19(13-26-3)8-10-20-11-9-19/h4-7,14,20H,8-13H2,1-3H3,(H,21,24)(H2,22,23,25). The summed E-state index contributed by atoms with van der Waals surface area (Å²) in [5.41, 5.74) is 1.25. The molecule has 7 nitrogen and oxygen atoms in total. The summed E-state index contributed by atoms with van der Waals surface area (Å²) in [5, 5.41) is 11.9. The topological polar surface area (TPSA) is 91.5 Å². The summed E-state index contributed by atoms with van der Waals surface area (Å²) < 4.78 is 5.30. The summed E-state index contributed by atoms with van der Waals surface area (Å²) in [4.78, 5) is 24.4. The van der Waals surface area contributed by atoms with Crippen LogP contribution in [0.1, 0.15) is 32.3 Å². The molecular weight excluding hydrogens is 332 g/mol. The van der Waals surface area contributed by atoms with Crippen LogP contribution in [0.5, 0.6) is 0 Å². The van der Waals surface area contributed by atoms with Gasteiger partial charge in [0.05, 0.1) is 12.0 Å². The van der Waals surface area contributed by atoms with Crippen LogP contribution >= 0.6 is 0 Å². The molecular formula is C19H30N4O3. The van der Waals surface area contributed by atoms with Crippen LogP contribution in [0.15, 0.2) is 24.3 Å². The van der Waals surface area contributed by atoms with Crippen LogP contribution in [0.25, 0.3) is 0 Å². The molecule has 0 atom stereocenters. The Hall–Kier alpha value is -2.12. The van der Waals surface area contributed by atoms with Gasteiger partial charge in [-0.3, -0.25) is 4.79 Å². The normalized spacial score (nSPS) is 16.2. The van der Waals surface area contributed by atoms with Gasteiger partial charge in [0.25, 0.3) is 0 Å². The zero-order chi connectivity index (χ0) is 19.0. The Kier molecular flexibility index (Phi) is 7.41. The van der Waals surface area contributed by atoms with Crippen molar-refractivity contribution in [2.75, 3.05) is 32.1 Å². The maximum atomic E-state index is 12.7. The molecule has 2 rings (SSSR count). The molecule has 0 spiro atoms. The highest BCUT2D eigenvalue weighted by Crippen LogP contribution is 2.29. The molecule has 0 bridgehead atoms. The Morgan fingerprint density at radius 1 is 1.19 bits per heavy atom. The van der Waals surface area contributed by atoms with Gasteiger partial charge in [0.15, 0.2) is 0 Å². The average molecular weight is 362 g/mol. The second-order valence-electron chi connectivity index (χ2n) is 7.10. The van der Waals surface area contributed by atoms with Crippen molar-refractivity contribution in [1.29, 1.82) is 0 Å². The largest absolute Gasteiger partial charge is 0.384 e. The van der Waals surface area contributed by atoms with Crippen molar-refractivity contribution in [3.05, 3.63) is 29.8 Å². The number of anilines is 1. The van der Waals surface area contributed by atoms with Gasteiger partial charge in [-0.2, -0.15) is 0 Å². The van der Waals surface area contributed by atoms with E-state index in [0.717, 1.165) is 31.5 Å². The van der Waals surface area contributed by atoms with Crippen LogP contribution in [0.4, 0.5) is 10.5 Å². The Balaban J connectivity index is 1.88. The van der Waals surface area contributed by atoms with Crippen LogP contribution in [0.2, 0.25) is 0 Å². The SMILES string of the molecule is COCC1(C(=O)NCc2ccc(NC(=O)NC(C)C)cc2)CCNCC1. The van der Waals surface area contributed by atoms with Gasteiger partial charge in [-0.05, 0) is 57.5 Å². The van der Waals surface area contributed by atoms with Crippen molar-refractivity contribution in [3.8, 4) is 0 Å². The number of carbonyl (C=O) groups is 2. The molecule has 1 aliphatic heterocycles. The molecule has 1 saturated heterocycles. The summed E-state index contributed by atoms with van der Waals surface area (Å²) in [6.45, 7) is 6.36. The van der Waals surface area contributed by atoms with Gasteiger partial charge in [0.1, 0.15) is 0 Å². The molecule has 1 aromatic carbocycles. The van der Waals surface area contributed by atoms with Crippen molar-refractivity contribution in [2.24, 2.45) is 5.41 Å². The Bertz CT molecular complexity index is 590. The maximum Gasteiger partial charge on any atom is 0.319 e. The van der Waals surface area contributed by atoms with Crippen LogP contribution < -0.4 is 21.3 Å². The minimum Gasteiger partial charge on any atom is -0.384 e. The zero-order valence-electron chi connectivity index (χ0n) is 15.9. The van der Waals surface area contributed by atoms with Gasteiger partial charge in [-0.15, -0.1) is 0 Å². The highest BCUT2D eigenvalue weighted by atomic mass is 16.5. The zero-order valence-corrected chi connectivity index (χ0v) is 15.9. The van der Waals surface area contributed by atoms with E-state index in [1.54, 1.807) is 7.11 Å². The Morgan fingerprint density at radius 3 is 2.42 bits per heavy atom. The smallest absolute Gasteiger partial charge is 0.319 e. The van der Waals surface area contributed by atoms with Crippen molar-refractivity contribution in [3.63, 3.8) is 0 Å². The first-order valence-electron chi connectivity index (χ1n) is 9.09. The number of urea groups is 1. The number of amides is 3. The molecule has 1 heterocycles. The lowest BCUT2D eigenvalue weighted by Crippen LogP contribution is -2.49. The molecule has 26 heavy (non-hydrogen) atoms. The number of benzene rings is 1. The fourth-order valence-electron chi connectivity index (χ4n) is 3.12. The van der Waals surface area contributed by atoms with Crippen LogP contribution in [0, 0.1) is 5.41 Å². The van der Waals surface area contributed by atoms with E-state index >= 15 is 0 Å². The molecule has 3 amide bonds. The number of ether oxygens (including phenoxy) is 1. The number of piperidine rings is 1. The van der Waals surface area contributed by atoms with Gasteiger partial charge in [0, 0.05) is 25.4 Å². The van der Waals surface area contributed by atoms with E-state index < -0.39 is 5.41 Å². The van der Waals surface area contributed by atoms with Gasteiger partial charge < -0.3 is 26.0 Å². The number of carbonyl (C=O) groups excluding carboxylic acids is 2. The van der Waals surface area contributed by atoms with E-state index in [2.05, 4.69) is 21.3 Å². The molecule has 7 heteroatoms. The second kappa shape index (κ2) is 9.54. The third-order valence-electron chi connectivity index (χ3n) is 4.55. The molecule has 0 radical (unpaired) electrons. The number of hydrogen-bond donors (Lipinski definition) is 4. The minimum atomic E-state index is -0.448. The first kappa shape index (κ1) is 20.2. The minimum absolute atomic E-state index is 0.0411. The van der Waals surface area contributed by atoms with E-state index in [-0.39, 0.29) is 18.0 Å². The van der Waals surface area contributed by atoms with Crippen LogP contribution in [-0.2, 0) is 16.1 Å². The molecule has 0 saturated carbocycles. The van der Waals surface area contributed by atoms with E-state index in [4.69, 9.17) is 4.74 Å². The third-order valence-corrected chi connectivity index (χ3v) is 4.55. The van der Waals surface area contributed by atoms with Gasteiger partial charge >= 0.3 is 6.03 Å². The summed E-state index contributed by atoms with van der Waals surface area (Å²) >= 11 is 0. The molecule has 0 aliphatic carbocycles. The molecule has 1 fully saturated rings. The van der Waals surface area contributed by atoms with E-state index in [1.165, 1.54) is 0 Å². The lowest BCUT2D eigenvalue weighted by molar-refractivity contribution is -0.136. The fourth-order valence-corrected chi connectivity index (χ4v) is 3.12. The Labute approximate surface area is 155 Å². The molecule has 144 valence electrons. The maximum absolute atomic E-state index is 12.7. The lowest BCUT2D eigenvalue weighted by Gasteiger charge is -2.35. The van der Waals surface area contributed by atoms with Gasteiger partial charge in [-0.25, -0.2) is 4.79 Å². The van der Waals surface area contributed by atoms with Crippen molar-refractivity contribution >= 4 is 17.6 Å². The first-order valence-corrected chi connectivity index (χ1v) is 9.09. The summed E-state index contributed by atoms with van der Waals surface area (Å²) in [7, 11) is 1.64. The summed E-state index contributed by atoms with van der Waals surface area (Å²) in [5.74, 6) is 0.0411. The molecule has 1 aromatic rings. The quantitative estimate of drug-likeness (QED) is 0.596. The summed E-state index contributed by atoms with van der Waals surface area (Å²) in [6.07, 6.45) is 1.56. The molecule has 0 aromatic heterocycles. The van der Waals surface area contributed by atoms with E-state index in [0.29, 0.717) is 18.8 Å². The predicted molar refractivity (Wildman–Crippen MR) is 102 cm³/mol. The summed E-state index contributed by atoms with van der Waals surface area (Å²) in [6, 6.07) is 7.31.